The molecule has 0 saturated carbocycles. The van der Waals surface area contributed by atoms with Crippen molar-refractivity contribution >= 4 is 7.60 Å². The minimum Gasteiger partial charge on any atom is -0.511 e. The Morgan fingerprint density at radius 1 is 1.16 bits per heavy atom. The minimum atomic E-state index is -3.69. The van der Waals surface area contributed by atoms with Crippen molar-refractivity contribution in [3.05, 3.63) is 11.1 Å². The lowest BCUT2D eigenvalue weighted by atomic mass is 10.4. The van der Waals surface area contributed by atoms with Crippen molar-refractivity contribution in [2.45, 2.75) is 52.9 Å². The van der Waals surface area contributed by atoms with Crippen LogP contribution in [0.2, 0.25) is 0 Å². The summed E-state index contributed by atoms with van der Waals surface area (Å²) in [6.45, 7) is 6.15. The van der Waals surface area contributed by atoms with E-state index in [1.807, 2.05) is 13.8 Å². The maximum atomic E-state index is 12.6. The molecule has 0 radical (unpaired) electrons. The quantitative estimate of drug-likeness (QED) is 0.277. The van der Waals surface area contributed by atoms with E-state index in [1.165, 1.54) is 0 Å². The SMILES string of the molecule is CCCCOP(=O)(OCCCC)/C(C#N)=C(/O)CC. The van der Waals surface area contributed by atoms with Crippen LogP contribution in [0.3, 0.4) is 0 Å². The van der Waals surface area contributed by atoms with Crippen LogP contribution in [0.5, 0.6) is 0 Å². The zero-order valence-corrected chi connectivity index (χ0v) is 12.9. The molecule has 0 fully saturated rings. The Morgan fingerprint density at radius 2 is 1.63 bits per heavy atom. The van der Waals surface area contributed by atoms with Crippen LogP contribution in [0.25, 0.3) is 0 Å². The molecule has 0 rings (SSSR count). The van der Waals surface area contributed by atoms with Crippen LogP contribution in [0.15, 0.2) is 11.1 Å². The summed E-state index contributed by atoms with van der Waals surface area (Å²) < 4.78 is 23.2. The largest absolute Gasteiger partial charge is 0.511 e. The number of allylic oxidation sites excluding steroid dienone is 2. The Morgan fingerprint density at radius 3 is 1.95 bits per heavy atom. The van der Waals surface area contributed by atoms with Crippen molar-refractivity contribution < 1.29 is 18.7 Å². The van der Waals surface area contributed by atoms with Crippen molar-refractivity contribution in [1.82, 2.24) is 0 Å². The highest BCUT2D eigenvalue weighted by atomic mass is 31.2. The van der Waals surface area contributed by atoms with Gasteiger partial charge in [0.05, 0.1) is 13.2 Å². The molecule has 0 aromatic heterocycles. The highest BCUT2D eigenvalue weighted by Gasteiger charge is 2.33. The molecule has 5 nitrogen and oxygen atoms in total. The van der Waals surface area contributed by atoms with E-state index in [0.717, 1.165) is 25.7 Å². The second-order valence-electron chi connectivity index (χ2n) is 4.13. The van der Waals surface area contributed by atoms with Gasteiger partial charge in [-0.3, -0.25) is 4.57 Å². The van der Waals surface area contributed by atoms with Gasteiger partial charge in [-0.1, -0.05) is 33.6 Å². The van der Waals surface area contributed by atoms with E-state index in [2.05, 4.69) is 0 Å². The predicted molar refractivity (Wildman–Crippen MR) is 74.9 cm³/mol. The van der Waals surface area contributed by atoms with Gasteiger partial charge in [0.15, 0.2) is 5.31 Å². The Hall–Kier alpha value is -0.820. The number of hydrogen-bond donors (Lipinski definition) is 1. The molecule has 0 bridgehead atoms. The highest BCUT2D eigenvalue weighted by Crippen LogP contribution is 2.57. The number of nitriles is 1. The van der Waals surface area contributed by atoms with E-state index in [9.17, 15) is 9.67 Å². The maximum Gasteiger partial charge on any atom is 0.375 e. The molecule has 19 heavy (non-hydrogen) atoms. The van der Waals surface area contributed by atoms with Crippen molar-refractivity contribution in [2.24, 2.45) is 0 Å². The molecule has 0 heterocycles. The van der Waals surface area contributed by atoms with Gasteiger partial charge in [0, 0.05) is 6.42 Å². The molecule has 6 heteroatoms. The fourth-order valence-corrected chi connectivity index (χ4v) is 2.94. The highest BCUT2D eigenvalue weighted by molar-refractivity contribution is 7.58. The normalized spacial score (nSPS) is 12.9. The number of unbranched alkanes of at least 4 members (excludes halogenated alkanes) is 2. The first kappa shape index (κ1) is 18.2. The fourth-order valence-electron chi connectivity index (χ4n) is 1.28. The molecular formula is C13H24NO4P. The molecule has 0 aliphatic heterocycles. The van der Waals surface area contributed by atoms with Gasteiger partial charge in [0.2, 0.25) is 0 Å². The Balaban J connectivity index is 5.02. The summed E-state index contributed by atoms with van der Waals surface area (Å²) in [6, 6.07) is 1.76. The van der Waals surface area contributed by atoms with Crippen LogP contribution in [0, 0.1) is 11.3 Å². The maximum absolute atomic E-state index is 12.6. The second kappa shape index (κ2) is 10.0. The third-order valence-corrected chi connectivity index (χ3v) is 4.46. The second-order valence-corrected chi connectivity index (χ2v) is 6.09. The van der Waals surface area contributed by atoms with Crippen molar-refractivity contribution in [3.63, 3.8) is 0 Å². The van der Waals surface area contributed by atoms with Crippen LogP contribution in [0.1, 0.15) is 52.9 Å². The molecule has 110 valence electrons. The average molecular weight is 289 g/mol. The van der Waals surface area contributed by atoms with Crippen LogP contribution < -0.4 is 0 Å². The summed E-state index contributed by atoms with van der Waals surface area (Å²) >= 11 is 0. The van der Waals surface area contributed by atoms with E-state index in [1.54, 1.807) is 13.0 Å². The summed E-state index contributed by atoms with van der Waals surface area (Å²) in [5, 5.41) is 18.5. The molecule has 0 aromatic rings. The van der Waals surface area contributed by atoms with Crippen molar-refractivity contribution in [1.29, 1.82) is 5.26 Å². The number of nitrogens with zero attached hydrogens (tertiary/aromatic N) is 1. The summed E-state index contributed by atoms with van der Waals surface area (Å²) in [4.78, 5) is 0. The first-order valence-corrected chi connectivity index (χ1v) is 8.31. The zero-order chi connectivity index (χ0) is 14.7. The molecule has 0 unspecified atom stereocenters. The van der Waals surface area contributed by atoms with Gasteiger partial charge in [-0.25, -0.2) is 0 Å². The summed E-state index contributed by atoms with van der Waals surface area (Å²) in [5.74, 6) is -0.223. The molecule has 0 aromatic carbocycles. The Labute approximate surface area is 115 Å². The monoisotopic (exact) mass is 289 g/mol. The fraction of sp³-hybridized carbons (Fsp3) is 0.769. The minimum absolute atomic E-state index is 0.223. The first-order valence-electron chi connectivity index (χ1n) is 6.77. The summed E-state index contributed by atoms with van der Waals surface area (Å²) in [5.41, 5.74) is 0. The number of hydrogen-bond acceptors (Lipinski definition) is 5. The third-order valence-electron chi connectivity index (χ3n) is 2.51. The lowest BCUT2D eigenvalue weighted by Crippen LogP contribution is -2.03. The average Bonchev–Trinajstić information content (AvgIpc) is 2.40. The van der Waals surface area contributed by atoms with Crippen LogP contribution in [-0.2, 0) is 13.6 Å². The smallest absolute Gasteiger partial charge is 0.375 e. The molecule has 0 amide bonds. The van der Waals surface area contributed by atoms with Crippen LogP contribution >= 0.6 is 7.60 Å². The van der Waals surface area contributed by atoms with Crippen molar-refractivity contribution in [3.8, 4) is 6.07 Å². The van der Waals surface area contributed by atoms with Gasteiger partial charge in [0.25, 0.3) is 0 Å². The molecule has 0 spiro atoms. The van der Waals surface area contributed by atoms with E-state index in [-0.39, 0.29) is 30.7 Å². The number of rotatable bonds is 10. The molecule has 0 atom stereocenters. The third kappa shape index (κ3) is 6.24. The van der Waals surface area contributed by atoms with Gasteiger partial charge >= 0.3 is 7.60 Å². The van der Waals surface area contributed by atoms with Gasteiger partial charge in [0.1, 0.15) is 11.8 Å². The Kier molecular flexibility index (Phi) is 9.59. The molecule has 0 aliphatic carbocycles. The van der Waals surface area contributed by atoms with Crippen LogP contribution in [-0.4, -0.2) is 18.3 Å². The molecular weight excluding hydrogens is 265 g/mol. The van der Waals surface area contributed by atoms with E-state index in [4.69, 9.17) is 14.3 Å². The van der Waals surface area contributed by atoms with Gasteiger partial charge in [-0.05, 0) is 12.8 Å². The number of aliphatic hydroxyl groups excluding tert-OH is 1. The first-order chi connectivity index (χ1) is 9.05. The topological polar surface area (TPSA) is 79.5 Å². The van der Waals surface area contributed by atoms with Gasteiger partial charge in [-0.15, -0.1) is 0 Å². The standard InChI is InChI=1S/C13H24NO4P/c1-4-7-9-17-19(16,18-10-8-5-2)13(11-14)12(15)6-3/h15H,4-10H2,1-3H3/b13-12+. The van der Waals surface area contributed by atoms with Gasteiger partial charge < -0.3 is 14.2 Å². The van der Waals surface area contributed by atoms with Crippen LogP contribution in [0.4, 0.5) is 0 Å². The summed E-state index contributed by atoms with van der Waals surface area (Å²) in [7, 11) is -3.69. The Bertz CT molecular complexity index is 359. The molecule has 0 saturated heterocycles. The van der Waals surface area contributed by atoms with Crippen molar-refractivity contribution in [2.75, 3.05) is 13.2 Å². The predicted octanol–water partition coefficient (Wildman–Crippen LogP) is 4.52. The molecule has 0 aliphatic rings. The summed E-state index contributed by atoms with van der Waals surface area (Å²) in [6.07, 6.45) is 3.46. The lowest BCUT2D eigenvalue weighted by Gasteiger charge is -2.18. The van der Waals surface area contributed by atoms with E-state index >= 15 is 0 Å². The van der Waals surface area contributed by atoms with E-state index < -0.39 is 7.60 Å². The number of aliphatic hydroxyl groups is 1. The molecule has 1 N–H and O–H groups in total. The zero-order valence-electron chi connectivity index (χ0n) is 12.0. The lowest BCUT2D eigenvalue weighted by molar-refractivity contribution is 0.205. The van der Waals surface area contributed by atoms with Gasteiger partial charge in [-0.2, -0.15) is 5.26 Å². The van der Waals surface area contributed by atoms with E-state index in [0.29, 0.717) is 0 Å².